The van der Waals surface area contributed by atoms with Gasteiger partial charge in [-0.05, 0) is 116 Å². The number of aliphatic hydroxyl groups excluding tert-OH is 14. The molecule has 0 radical (unpaired) electrons. The van der Waals surface area contributed by atoms with Gasteiger partial charge in [-0.1, -0.05) is 60.1 Å². The molecule has 27 nitrogen and oxygen atoms in total. The quantitative estimate of drug-likeness (QED) is 0.0517. The van der Waals surface area contributed by atoms with Gasteiger partial charge in [-0.2, -0.15) is 0 Å². The van der Waals surface area contributed by atoms with Crippen molar-refractivity contribution in [2.45, 2.75) is 273 Å². The Bertz CT molecular complexity index is 2450. The largest absolute Gasteiger partial charge is 0.479 e. The van der Waals surface area contributed by atoms with Crippen LogP contribution in [0.4, 0.5) is 0 Å². The van der Waals surface area contributed by atoms with Crippen LogP contribution in [0, 0.1) is 50.2 Å². The topological polar surface area (TPSA) is 430 Å². The molecule has 5 heterocycles. The standard InChI is InChI=1S/C59H94O27/c1-23-32(62)34(64)39(69)50(79-23)84-45-27(20-60)80-48(42(72)38(45)68)78-22-28-33(63)35(65)40(70)51(81-28)86-53(76)59-17-15-54(2,3)19-25(59)24-9-10-30-56(6)13-12-31(55(4,5)29(56)11-14-58(30,8)57(24,7)16-18-59)82-49-43(73)44(26(61)21-77-49)83-52-41(71)36(66)37(67)46(85-52)47(74)75/h9,23,25-46,48-52,60-73H,10-22H2,1-8H3,(H,74,75). The lowest BCUT2D eigenvalue weighted by atomic mass is 9.33. The molecule has 32 atom stereocenters. The van der Waals surface area contributed by atoms with Gasteiger partial charge < -0.3 is 124 Å². The number of ether oxygens (including phenoxy) is 10. The van der Waals surface area contributed by atoms with E-state index in [0.717, 1.165) is 25.7 Å². The highest BCUT2D eigenvalue weighted by Gasteiger charge is 2.70. The van der Waals surface area contributed by atoms with Crippen molar-refractivity contribution in [1.82, 2.24) is 0 Å². The molecule has 0 aromatic carbocycles. The summed E-state index contributed by atoms with van der Waals surface area (Å²) in [7, 11) is 0. The van der Waals surface area contributed by atoms with Crippen LogP contribution in [-0.2, 0) is 57.0 Å². The maximum absolute atomic E-state index is 15.2. The molecule has 0 aromatic heterocycles. The van der Waals surface area contributed by atoms with E-state index in [1.165, 1.54) is 12.5 Å². The minimum absolute atomic E-state index is 0.123. The van der Waals surface area contributed by atoms with Gasteiger partial charge in [-0.15, -0.1) is 0 Å². The molecule has 15 N–H and O–H groups in total. The van der Waals surface area contributed by atoms with Gasteiger partial charge in [0.2, 0.25) is 6.29 Å². The highest BCUT2D eigenvalue weighted by molar-refractivity contribution is 5.79. The summed E-state index contributed by atoms with van der Waals surface area (Å²) in [5.74, 6) is -2.19. The molecule has 9 fully saturated rings. The summed E-state index contributed by atoms with van der Waals surface area (Å²) >= 11 is 0. The number of hydrogen-bond acceptors (Lipinski definition) is 26. The first-order chi connectivity index (χ1) is 40.2. The first-order valence-electron chi connectivity index (χ1n) is 30.6. The van der Waals surface area contributed by atoms with Gasteiger partial charge in [-0.25, -0.2) is 4.79 Å². The molecule has 27 heteroatoms. The monoisotopic (exact) mass is 1230 g/mol. The number of hydrogen-bond donors (Lipinski definition) is 15. The lowest BCUT2D eigenvalue weighted by Gasteiger charge is -2.71. The van der Waals surface area contributed by atoms with Gasteiger partial charge in [0.25, 0.3) is 0 Å². The number of allylic oxidation sites excluding steroid dienone is 2. The molecule has 5 saturated heterocycles. The number of rotatable bonds is 13. The average Bonchev–Trinajstić information content (AvgIpc) is 0.686. The number of carboxylic acids is 1. The zero-order chi connectivity index (χ0) is 62.9. The van der Waals surface area contributed by atoms with Crippen LogP contribution in [-0.4, -0.2) is 262 Å². The average molecular weight is 1240 g/mol. The van der Waals surface area contributed by atoms with Crippen molar-refractivity contribution in [3.8, 4) is 0 Å². The van der Waals surface area contributed by atoms with Gasteiger partial charge in [0.15, 0.2) is 31.3 Å². The fourth-order valence-corrected chi connectivity index (χ4v) is 17.6. The Labute approximate surface area is 499 Å². The minimum Gasteiger partial charge on any atom is -0.479 e. The van der Waals surface area contributed by atoms with Crippen LogP contribution >= 0.6 is 0 Å². The third kappa shape index (κ3) is 11.1. The van der Waals surface area contributed by atoms with Crippen LogP contribution < -0.4 is 0 Å². The van der Waals surface area contributed by atoms with Crippen LogP contribution in [0.25, 0.3) is 0 Å². The third-order valence-corrected chi connectivity index (χ3v) is 23.0. The summed E-state index contributed by atoms with van der Waals surface area (Å²) in [5.41, 5.74) is -1.33. The summed E-state index contributed by atoms with van der Waals surface area (Å²) in [6, 6.07) is 0. The smallest absolute Gasteiger partial charge is 0.335 e. The molecule has 0 spiro atoms. The van der Waals surface area contributed by atoms with Crippen molar-refractivity contribution in [1.29, 1.82) is 0 Å². The SMILES string of the molecule is CC1OC(OC2C(CO)OC(OCC3OC(OC(=O)C45CCC(C)(C)CC4C4=CCC6C7(C)CCC(OC8OCC(O)C(OC9OC(C(=O)O)C(O)C(O)C9O)C8O)C(C)(C)C7CCC6(C)C4(C)CC5)C(O)C(O)C3O)C(O)C2O)C(O)C(O)C1O. The normalized spacial score (nSPS) is 53.6. The lowest BCUT2D eigenvalue weighted by Crippen LogP contribution is -2.66. The number of carbonyl (C=O) groups excluding carboxylic acids is 1. The van der Waals surface area contributed by atoms with Gasteiger partial charge in [0.05, 0.1) is 37.4 Å². The van der Waals surface area contributed by atoms with Crippen molar-refractivity contribution < 1.29 is 134 Å². The fourth-order valence-electron chi connectivity index (χ4n) is 17.6. The summed E-state index contributed by atoms with van der Waals surface area (Å²) < 4.78 is 58.5. The Morgan fingerprint density at radius 2 is 1.19 bits per heavy atom. The molecule has 492 valence electrons. The van der Waals surface area contributed by atoms with Crippen molar-refractivity contribution in [2.24, 2.45) is 50.2 Å². The van der Waals surface area contributed by atoms with E-state index in [1.54, 1.807) is 0 Å². The minimum atomic E-state index is -1.97. The summed E-state index contributed by atoms with van der Waals surface area (Å²) in [6.45, 7) is 15.4. The van der Waals surface area contributed by atoms with Crippen LogP contribution in [0.1, 0.15) is 120 Å². The first-order valence-corrected chi connectivity index (χ1v) is 30.6. The fraction of sp³-hybridized carbons (Fsp3) is 0.932. The van der Waals surface area contributed by atoms with Crippen LogP contribution in [0.5, 0.6) is 0 Å². The predicted molar refractivity (Wildman–Crippen MR) is 289 cm³/mol. The van der Waals surface area contributed by atoms with Crippen molar-refractivity contribution in [3.63, 3.8) is 0 Å². The van der Waals surface area contributed by atoms with E-state index in [4.69, 9.17) is 47.4 Å². The van der Waals surface area contributed by atoms with Crippen LogP contribution in [0.3, 0.4) is 0 Å². The molecule has 4 saturated carbocycles. The van der Waals surface area contributed by atoms with E-state index in [-0.39, 0.29) is 46.0 Å². The Morgan fingerprint density at radius 1 is 0.581 bits per heavy atom. The van der Waals surface area contributed by atoms with E-state index >= 15 is 4.79 Å². The molecule has 5 aliphatic heterocycles. The van der Waals surface area contributed by atoms with Gasteiger partial charge in [0.1, 0.15) is 104 Å². The highest BCUT2D eigenvalue weighted by Crippen LogP contribution is 2.76. The second-order valence-electron chi connectivity index (χ2n) is 28.7. The summed E-state index contributed by atoms with van der Waals surface area (Å²) in [4.78, 5) is 27.0. The van der Waals surface area contributed by atoms with Crippen LogP contribution in [0.15, 0.2) is 11.6 Å². The molecule has 10 rings (SSSR count). The van der Waals surface area contributed by atoms with E-state index in [2.05, 4.69) is 54.5 Å². The second kappa shape index (κ2) is 24.3. The van der Waals surface area contributed by atoms with Gasteiger partial charge in [0, 0.05) is 0 Å². The number of carbonyl (C=O) groups is 2. The molecule has 86 heavy (non-hydrogen) atoms. The predicted octanol–water partition coefficient (Wildman–Crippen LogP) is -2.45. The maximum Gasteiger partial charge on any atom is 0.335 e. The molecule has 5 aliphatic carbocycles. The molecular formula is C59H94O27. The van der Waals surface area contributed by atoms with Crippen LogP contribution in [0.2, 0.25) is 0 Å². The summed E-state index contributed by atoms with van der Waals surface area (Å²) in [6.07, 6.45) is -31.8. The zero-order valence-corrected chi connectivity index (χ0v) is 50.0. The molecule has 0 bridgehead atoms. The second-order valence-corrected chi connectivity index (χ2v) is 28.7. The third-order valence-electron chi connectivity index (χ3n) is 23.0. The molecule has 0 amide bonds. The number of esters is 1. The maximum atomic E-state index is 15.2. The number of aliphatic carboxylic acids is 1. The van der Waals surface area contributed by atoms with Crippen molar-refractivity contribution >= 4 is 11.9 Å². The molecule has 32 unspecified atom stereocenters. The summed E-state index contributed by atoms with van der Waals surface area (Å²) in [5, 5.41) is 161. The lowest BCUT2D eigenvalue weighted by molar-refractivity contribution is -0.361. The van der Waals surface area contributed by atoms with E-state index in [1.807, 2.05) is 0 Å². The Balaban J connectivity index is 0.812. The van der Waals surface area contributed by atoms with E-state index < -0.39 is 190 Å². The van der Waals surface area contributed by atoms with E-state index in [0.29, 0.717) is 38.5 Å². The number of carboxylic acid groups (broad SMARTS) is 1. The first kappa shape index (κ1) is 66.7. The molecular weight excluding hydrogens is 1140 g/mol. The van der Waals surface area contributed by atoms with Crippen molar-refractivity contribution in [3.05, 3.63) is 11.6 Å². The number of fused-ring (bicyclic) bond motifs is 7. The van der Waals surface area contributed by atoms with Gasteiger partial charge in [-0.3, -0.25) is 4.79 Å². The highest BCUT2D eigenvalue weighted by atomic mass is 16.8. The molecule has 0 aromatic rings. The number of aliphatic hydroxyl groups is 14. The Hall–Kier alpha value is -2.24. The Kier molecular flexibility index (Phi) is 18.9. The Morgan fingerprint density at radius 3 is 1.86 bits per heavy atom. The van der Waals surface area contributed by atoms with Crippen molar-refractivity contribution in [2.75, 3.05) is 19.8 Å². The zero-order valence-electron chi connectivity index (χ0n) is 50.0. The van der Waals surface area contributed by atoms with Gasteiger partial charge >= 0.3 is 11.9 Å². The van der Waals surface area contributed by atoms with E-state index in [9.17, 15) is 81.4 Å². The molecule has 10 aliphatic rings.